The zero-order chi connectivity index (χ0) is 14.0. The van der Waals surface area contributed by atoms with E-state index in [0.717, 1.165) is 0 Å². The maximum atomic E-state index is 11.2. The lowest BCUT2D eigenvalue weighted by atomic mass is 10.4. The van der Waals surface area contributed by atoms with Gasteiger partial charge in [0, 0.05) is 13.0 Å². The lowest BCUT2D eigenvalue weighted by Gasteiger charge is -2.06. The fraction of sp³-hybridized carbons (Fsp3) is 0.556. The first kappa shape index (κ1) is 15.8. The molecular formula is C9H17N5O4. The van der Waals surface area contributed by atoms with Crippen molar-refractivity contribution in [1.82, 2.24) is 16.0 Å². The monoisotopic (exact) mass is 259 g/mol. The number of nitrogens with two attached hydrogens (primary N) is 2. The molecule has 0 aromatic heterocycles. The van der Waals surface area contributed by atoms with Gasteiger partial charge in [0.15, 0.2) is 0 Å². The minimum Gasteiger partial charge on any atom is -0.368 e. The van der Waals surface area contributed by atoms with Gasteiger partial charge in [-0.05, 0) is 0 Å². The molecule has 102 valence electrons. The third kappa shape index (κ3) is 9.09. The van der Waals surface area contributed by atoms with Gasteiger partial charge in [-0.3, -0.25) is 19.2 Å². The lowest BCUT2D eigenvalue weighted by molar-refractivity contribution is -0.127. The van der Waals surface area contributed by atoms with Crippen LogP contribution in [0.25, 0.3) is 0 Å². The van der Waals surface area contributed by atoms with E-state index in [-0.39, 0.29) is 38.5 Å². The van der Waals surface area contributed by atoms with Crippen LogP contribution in [-0.4, -0.2) is 49.8 Å². The normalized spacial score (nSPS) is 9.39. The number of carbonyl (C=O) groups excluding carboxylic acids is 4. The van der Waals surface area contributed by atoms with Gasteiger partial charge in [-0.2, -0.15) is 0 Å². The van der Waals surface area contributed by atoms with E-state index >= 15 is 0 Å². The summed E-state index contributed by atoms with van der Waals surface area (Å²) in [6.07, 6.45) is 0.0365. The fourth-order valence-electron chi connectivity index (χ4n) is 0.903. The van der Waals surface area contributed by atoms with Crippen molar-refractivity contribution < 1.29 is 19.2 Å². The van der Waals surface area contributed by atoms with Gasteiger partial charge in [0.05, 0.1) is 19.6 Å². The molecule has 7 N–H and O–H groups in total. The van der Waals surface area contributed by atoms with Gasteiger partial charge in [-0.25, -0.2) is 0 Å². The number of nitrogens with one attached hydrogen (secondary N) is 3. The Labute approximate surface area is 104 Å². The Kier molecular flexibility index (Phi) is 7.86. The molecule has 0 heterocycles. The molecule has 9 heteroatoms. The van der Waals surface area contributed by atoms with Crippen molar-refractivity contribution in [2.24, 2.45) is 11.5 Å². The second-order valence-corrected chi connectivity index (χ2v) is 3.32. The summed E-state index contributed by atoms with van der Waals surface area (Å²) >= 11 is 0. The van der Waals surface area contributed by atoms with Crippen LogP contribution in [0.2, 0.25) is 0 Å². The first-order valence-electron chi connectivity index (χ1n) is 5.24. The first-order chi connectivity index (χ1) is 8.45. The van der Waals surface area contributed by atoms with Crippen LogP contribution >= 0.6 is 0 Å². The van der Waals surface area contributed by atoms with Gasteiger partial charge in [-0.1, -0.05) is 0 Å². The average Bonchev–Trinajstić information content (AvgIpc) is 2.33. The van der Waals surface area contributed by atoms with Gasteiger partial charge in [0.25, 0.3) is 0 Å². The van der Waals surface area contributed by atoms with Crippen molar-refractivity contribution >= 4 is 23.6 Å². The topological polar surface area (TPSA) is 156 Å². The Morgan fingerprint density at radius 3 is 2.00 bits per heavy atom. The Morgan fingerprint density at radius 1 is 0.833 bits per heavy atom. The molecule has 0 saturated carbocycles. The SMILES string of the molecule is NCC(=O)NCCC(=O)NCC(=O)NCC(N)=O. The quantitative estimate of drug-likeness (QED) is 0.302. The second kappa shape index (κ2) is 8.93. The molecule has 4 amide bonds. The molecule has 0 aromatic carbocycles. The molecular weight excluding hydrogens is 242 g/mol. The smallest absolute Gasteiger partial charge is 0.239 e. The summed E-state index contributed by atoms with van der Waals surface area (Å²) < 4.78 is 0. The van der Waals surface area contributed by atoms with Crippen molar-refractivity contribution in [3.63, 3.8) is 0 Å². The molecule has 0 fully saturated rings. The van der Waals surface area contributed by atoms with E-state index in [1.807, 2.05) is 0 Å². The molecule has 0 radical (unpaired) electrons. The molecule has 0 aromatic rings. The molecule has 18 heavy (non-hydrogen) atoms. The zero-order valence-electron chi connectivity index (χ0n) is 9.82. The van der Waals surface area contributed by atoms with Crippen LogP contribution in [0, 0.1) is 0 Å². The zero-order valence-corrected chi connectivity index (χ0v) is 9.82. The van der Waals surface area contributed by atoms with E-state index in [9.17, 15) is 19.2 Å². The highest BCUT2D eigenvalue weighted by Gasteiger charge is 2.06. The van der Waals surface area contributed by atoms with E-state index in [2.05, 4.69) is 16.0 Å². The molecule has 0 spiro atoms. The van der Waals surface area contributed by atoms with E-state index in [1.165, 1.54) is 0 Å². The highest BCUT2D eigenvalue weighted by Crippen LogP contribution is 1.77. The average molecular weight is 259 g/mol. The van der Waals surface area contributed by atoms with Crippen LogP contribution < -0.4 is 27.4 Å². The van der Waals surface area contributed by atoms with Gasteiger partial charge in [0.2, 0.25) is 23.6 Å². The lowest BCUT2D eigenvalue weighted by Crippen LogP contribution is -2.41. The Hall–Kier alpha value is -2.16. The molecule has 0 saturated heterocycles. The van der Waals surface area contributed by atoms with Gasteiger partial charge in [0.1, 0.15) is 0 Å². The third-order valence-corrected chi connectivity index (χ3v) is 1.77. The maximum absolute atomic E-state index is 11.2. The van der Waals surface area contributed by atoms with Crippen molar-refractivity contribution in [2.45, 2.75) is 6.42 Å². The summed E-state index contributed by atoms with van der Waals surface area (Å²) in [4.78, 5) is 43.3. The highest BCUT2D eigenvalue weighted by atomic mass is 16.2. The number of hydrogen-bond acceptors (Lipinski definition) is 5. The Bertz CT molecular complexity index is 331. The summed E-state index contributed by atoms with van der Waals surface area (Å²) in [5.74, 6) is -1.95. The number of carbonyl (C=O) groups is 4. The molecule has 0 atom stereocenters. The Balaban J connectivity index is 3.61. The van der Waals surface area contributed by atoms with Crippen LogP contribution in [0.4, 0.5) is 0 Å². The van der Waals surface area contributed by atoms with E-state index in [4.69, 9.17) is 11.5 Å². The predicted octanol–water partition coefficient (Wildman–Crippen LogP) is -3.83. The molecule has 0 rings (SSSR count). The molecule has 0 aliphatic carbocycles. The van der Waals surface area contributed by atoms with Crippen LogP contribution in [-0.2, 0) is 19.2 Å². The van der Waals surface area contributed by atoms with Crippen LogP contribution in [0.1, 0.15) is 6.42 Å². The predicted molar refractivity (Wildman–Crippen MR) is 61.9 cm³/mol. The van der Waals surface area contributed by atoms with E-state index < -0.39 is 17.7 Å². The van der Waals surface area contributed by atoms with Gasteiger partial charge < -0.3 is 27.4 Å². The minimum atomic E-state index is -0.667. The summed E-state index contributed by atoms with van der Waals surface area (Å²) in [6, 6.07) is 0. The van der Waals surface area contributed by atoms with Crippen molar-refractivity contribution in [3.05, 3.63) is 0 Å². The summed E-state index contributed by atoms with van der Waals surface area (Å²) in [6.45, 7) is -0.528. The molecule has 0 unspecified atom stereocenters. The number of hydrogen-bond donors (Lipinski definition) is 5. The highest BCUT2D eigenvalue weighted by molar-refractivity contribution is 5.87. The van der Waals surface area contributed by atoms with E-state index in [1.54, 1.807) is 0 Å². The second-order valence-electron chi connectivity index (χ2n) is 3.32. The van der Waals surface area contributed by atoms with Crippen molar-refractivity contribution in [3.8, 4) is 0 Å². The Morgan fingerprint density at radius 2 is 1.44 bits per heavy atom. The van der Waals surface area contributed by atoms with Gasteiger partial charge >= 0.3 is 0 Å². The molecule has 9 nitrogen and oxygen atoms in total. The summed E-state index contributed by atoms with van der Waals surface area (Å²) in [7, 11) is 0. The van der Waals surface area contributed by atoms with Crippen LogP contribution in [0.15, 0.2) is 0 Å². The summed E-state index contributed by atoms with van der Waals surface area (Å²) in [5.41, 5.74) is 9.85. The fourth-order valence-corrected chi connectivity index (χ4v) is 0.903. The van der Waals surface area contributed by atoms with E-state index in [0.29, 0.717) is 0 Å². The molecule has 0 aliphatic heterocycles. The van der Waals surface area contributed by atoms with Crippen molar-refractivity contribution in [2.75, 3.05) is 26.2 Å². The number of primary amides is 1. The van der Waals surface area contributed by atoms with Crippen LogP contribution in [0.5, 0.6) is 0 Å². The largest absolute Gasteiger partial charge is 0.368 e. The van der Waals surface area contributed by atoms with Gasteiger partial charge in [-0.15, -0.1) is 0 Å². The van der Waals surface area contributed by atoms with Crippen LogP contribution in [0.3, 0.4) is 0 Å². The standard InChI is InChI=1S/C9H17N5O4/c10-3-8(17)12-2-1-7(16)14-5-9(18)13-4-6(11)15/h1-5,10H2,(H2,11,15)(H,12,17)(H,13,18)(H,14,16). The molecule has 0 bridgehead atoms. The first-order valence-corrected chi connectivity index (χ1v) is 5.24. The van der Waals surface area contributed by atoms with Crippen molar-refractivity contribution in [1.29, 1.82) is 0 Å². The minimum absolute atomic E-state index is 0.0365. The summed E-state index contributed by atoms with van der Waals surface area (Å²) in [5, 5.41) is 6.92. The number of rotatable bonds is 8. The third-order valence-electron chi connectivity index (χ3n) is 1.77. The number of amides is 4. The molecule has 0 aliphatic rings. The maximum Gasteiger partial charge on any atom is 0.239 e.